The number of nitrogens with zero attached hydrogens (tertiary/aromatic N) is 2. The van der Waals surface area contributed by atoms with E-state index in [0.717, 1.165) is 5.75 Å². The average molecular weight is 250 g/mol. The highest BCUT2D eigenvalue weighted by atomic mass is 35.5. The Kier molecular flexibility index (Phi) is 4.16. The Labute approximate surface area is 105 Å². The van der Waals surface area contributed by atoms with Crippen LogP contribution in [0.15, 0.2) is 42.5 Å². The van der Waals surface area contributed by atoms with Crippen molar-refractivity contribution in [1.29, 1.82) is 0 Å². The van der Waals surface area contributed by atoms with Gasteiger partial charge in [-0.25, -0.2) is 0 Å². The van der Waals surface area contributed by atoms with Gasteiger partial charge < -0.3 is 10.1 Å². The number of halogens is 1. The van der Waals surface area contributed by atoms with E-state index >= 15 is 0 Å². The molecule has 0 aliphatic rings. The Morgan fingerprint density at radius 1 is 1.06 bits per heavy atom. The number of para-hydroxylation sites is 1. The Bertz CT molecular complexity index is 447. The standard InChI is InChI=1S/C12H12ClN3O/c13-11-6-7-12(16-15-11)14-8-9-17-10-4-2-1-3-5-10/h1-7H,8-9H2,(H,14,16). The molecule has 0 amide bonds. The molecule has 0 fully saturated rings. The Balaban J connectivity index is 1.71. The van der Waals surface area contributed by atoms with Crippen molar-refractivity contribution < 1.29 is 4.74 Å². The maximum atomic E-state index is 5.63. The summed E-state index contributed by atoms with van der Waals surface area (Å²) in [6.07, 6.45) is 0. The summed E-state index contributed by atoms with van der Waals surface area (Å²) >= 11 is 5.63. The van der Waals surface area contributed by atoms with Crippen LogP contribution in [0.4, 0.5) is 5.82 Å². The summed E-state index contributed by atoms with van der Waals surface area (Å²) < 4.78 is 5.51. The lowest BCUT2D eigenvalue weighted by Crippen LogP contribution is -2.12. The van der Waals surface area contributed by atoms with Gasteiger partial charge in [0.05, 0.1) is 6.54 Å². The molecule has 0 saturated heterocycles. The number of nitrogens with one attached hydrogen (secondary N) is 1. The molecular formula is C12H12ClN3O. The van der Waals surface area contributed by atoms with Gasteiger partial charge in [0.1, 0.15) is 18.2 Å². The minimum atomic E-state index is 0.385. The normalized spacial score (nSPS) is 9.94. The predicted octanol–water partition coefficient (Wildman–Crippen LogP) is 2.62. The van der Waals surface area contributed by atoms with Gasteiger partial charge >= 0.3 is 0 Å². The number of anilines is 1. The van der Waals surface area contributed by atoms with Gasteiger partial charge in [-0.15, -0.1) is 10.2 Å². The van der Waals surface area contributed by atoms with Gasteiger partial charge in [-0.2, -0.15) is 0 Å². The van der Waals surface area contributed by atoms with E-state index in [1.807, 2.05) is 30.3 Å². The van der Waals surface area contributed by atoms with Crippen LogP contribution in [0.25, 0.3) is 0 Å². The van der Waals surface area contributed by atoms with Crippen LogP contribution in [0.3, 0.4) is 0 Å². The molecule has 0 aliphatic heterocycles. The topological polar surface area (TPSA) is 47.0 Å². The third-order valence-corrected chi connectivity index (χ3v) is 2.25. The molecule has 0 unspecified atom stereocenters. The monoisotopic (exact) mass is 249 g/mol. The highest BCUT2D eigenvalue weighted by Gasteiger charge is 1.95. The lowest BCUT2D eigenvalue weighted by atomic mass is 10.3. The summed E-state index contributed by atoms with van der Waals surface area (Å²) in [5, 5.41) is 11.1. The van der Waals surface area contributed by atoms with Crippen molar-refractivity contribution in [2.75, 3.05) is 18.5 Å². The van der Waals surface area contributed by atoms with E-state index in [-0.39, 0.29) is 0 Å². The first-order valence-corrected chi connectivity index (χ1v) is 5.63. The van der Waals surface area contributed by atoms with Crippen LogP contribution in [0, 0.1) is 0 Å². The Morgan fingerprint density at radius 2 is 1.88 bits per heavy atom. The van der Waals surface area contributed by atoms with Gasteiger partial charge in [-0.3, -0.25) is 0 Å². The number of aromatic nitrogens is 2. The second kappa shape index (κ2) is 6.06. The number of hydrogen-bond donors (Lipinski definition) is 1. The van der Waals surface area contributed by atoms with Crippen LogP contribution in [0.2, 0.25) is 5.15 Å². The van der Waals surface area contributed by atoms with E-state index in [1.165, 1.54) is 0 Å². The molecule has 0 spiro atoms. The van der Waals surface area contributed by atoms with Gasteiger partial charge in [-0.1, -0.05) is 29.8 Å². The Hall–Kier alpha value is -1.81. The van der Waals surface area contributed by atoms with Gasteiger partial charge in [0.2, 0.25) is 0 Å². The third kappa shape index (κ3) is 3.92. The molecule has 4 nitrogen and oxygen atoms in total. The van der Waals surface area contributed by atoms with Crippen LogP contribution in [-0.4, -0.2) is 23.3 Å². The molecule has 1 aromatic heterocycles. The molecule has 0 saturated carbocycles. The zero-order chi connectivity index (χ0) is 11.9. The van der Waals surface area contributed by atoms with E-state index < -0.39 is 0 Å². The van der Waals surface area contributed by atoms with Gasteiger partial charge in [0.15, 0.2) is 5.15 Å². The SMILES string of the molecule is Clc1ccc(NCCOc2ccccc2)nn1. The van der Waals surface area contributed by atoms with E-state index in [9.17, 15) is 0 Å². The van der Waals surface area contributed by atoms with Crippen molar-refractivity contribution in [3.8, 4) is 5.75 Å². The Morgan fingerprint density at radius 3 is 2.59 bits per heavy atom. The molecule has 0 atom stereocenters. The van der Waals surface area contributed by atoms with Crippen LogP contribution in [0.1, 0.15) is 0 Å². The van der Waals surface area contributed by atoms with Crippen molar-refractivity contribution >= 4 is 17.4 Å². The zero-order valence-corrected chi connectivity index (χ0v) is 9.89. The van der Waals surface area contributed by atoms with Crippen molar-refractivity contribution in [2.45, 2.75) is 0 Å². The molecule has 17 heavy (non-hydrogen) atoms. The molecule has 0 aliphatic carbocycles. The summed E-state index contributed by atoms with van der Waals surface area (Å²) in [5.41, 5.74) is 0. The maximum Gasteiger partial charge on any atom is 0.151 e. The molecular weight excluding hydrogens is 238 g/mol. The quantitative estimate of drug-likeness (QED) is 0.828. The lowest BCUT2D eigenvalue weighted by Gasteiger charge is -2.07. The first-order valence-electron chi connectivity index (χ1n) is 5.25. The molecule has 0 radical (unpaired) electrons. The predicted molar refractivity (Wildman–Crippen MR) is 67.5 cm³/mol. The molecule has 5 heteroatoms. The van der Waals surface area contributed by atoms with Gasteiger partial charge in [0.25, 0.3) is 0 Å². The summed E-state index contributed by atoms with van der Waals surface area (Å²) in [4.78, 5) is 0. The first-order chi connectivity index (χ1) is 8.34. The smallest absolute Gasteiger partial charge is 0.151 e. The second-order valence-corrected chi connectivity index (χ2v) is 3.72. The second-order valence-electron chi connectivity index (χ2n) is 3.33. The fraction of sp³-hybridized carbons (Fsp3) is 0.167. The highest BCUT2D eigenvalue weighted by molar-refractivity contribution is 6.29. The fourth-order valence-corrected chi connectivity index (χ4v) is 1.38. The minimum Gasteiger partial charge on any atom is -0.492 e. The molecule has 0 bridgehead atoms. The van der Waals surface area contributed by atoms with Crippen molar-refractivity contribution in [2.24, 2.45) is 0 Å². The van der Waals surface area contributed by atoms with Crippen LogP contribution >= 0.6 is 11.6 Å². The average Bonchev–Trinajstić information content (AvgIpc) is 2.38. The largest absolute Gasteiger partial charge is 0.492 e. The summed E-state index contributed by atoms with van der Waals surface area (Å²) in [6.45, 7) is 1.22. The van der Waals surface area contributed by atoms with E-state index in [0.29, 0.717) is 24.1 Å². The van der Waals surface area contributed by atoms with E-state index in [4.69, 9.17) is 16.3 Å². The van der Waals surface area contributed by atoms with Gasteiger partial charge in [0, 0.05) is 0 Å². The van der Waals surface area contributed by atoms with Crippen molar-refractivity contribution in [1.82, 2.24) is 10.2 Å². The van der Waals surface area contributed by atoms with Gasteiger partial charge in [-0.05, 0) is 24.3 Å². The fourth-order valence-electron chi connectivity index (χ4n) is 1.27. The maximum absolute atomic E-state index is 5.63. The van der Waals surface area contributed by atoms with Crippen molar-refractivity contribution in [3.63, 3.8) is 0 Å². The third-order valence-electron chi connectivity index (χ3n) is 2.05. The molecule has 2 rings (SSSR count). The molecule has 1 aromatic carbocycles. The number of rotatable bonds is 5. The minimum absolute atomic E-state index is 0.385. The summed E-state index contributed by atoms with van der Waals surface area (Å²) in [6, 6.07) is 13.1. The highest BCUT2D eigenvalue weighted by Crippen LogP contribution is 2.08. The zero-order valence-electron chi connectivity index (χ0n) is 9.14. The summed E-state index contributed by atoms with van der Waals surface area (Å²) in [7, 11) is 0. The lowest BCUT2D eigenvalue weighted by molar-refractivity contribution is 0.332. The van der Waals surface area contributed by atoms with E-state index in [2.05, 4.69) is 15.5 Å². The van der Waals surface area contributed by atoms with E-state index in [1.54, 1.807) is 12.1 Å². The number of ether oxygens (including phenoxy) is 1. The van der Waals surface area contributed by atoms with Crippen molar-refractivity contribution in [3.05, 3.63) is 47.6 Å². The molecule has 1 heterocycles. The molecule has 2 aromatic rings. The number of hydrogen-bond acceptors (Lipinski definition) is 4. The molecule has 88 valence electrons. The molecule has 1 N–H and O–H groups in total. The first kappa shape index (κ1) is 11.7. The van der Waals surface area contributed by atoms with Crippen LogP contribution in [-0.2, 0) is 0 Å². The summed E-state index contributed by atoms with van der Waals surface area (Å²) in [5.74, 6) is 1.54. The number of benzene rings is 1. The van der Waals surface area contributed by atoms with Crippen LogP contribution < -0.4 is 10.1 Å². The van der Waals surface area contributed by atoms with Crippen LogP contribution in [0.5, 0.6) is 5.75 Å².